The molecule has 128 valence electrons. The van der Waals surface area contributed by atoms with E-state index in [0.717, 1.165) is 6.42 Å². The maximum atomic E-state index is 12.7. The molecular formula is C16H19N3O3S2. The van der Waals surface area contributed by atoms with Gasteiger partial charge >= 0.3 is 0 Å². The fraction of sp³-hybridized carbons (Fsp3) is 0.438. The molecule has 0 unspecified atom stereocenters. The normalized spacial score (nSPS) is 26.2. The molecule has 6 nitrogen and oxygen atoms in total. The molecule has 2 aromatic rings. The number of aromatic nitrogens is 1. The van der Waals surface area contributed by atoms with E-state index in [1.54, 1.807) is 17.5 Å². The number of likely N-dealkylation sites (tertiary alicyclic amines) is 1. The van der Waals surface area contributed by atoms with E-state index in [0.29, 0.717) is 22.9 Å². The Morgan fingerprint density at radius 2 is 2.12 bits per heavy atom. The van der Waals surface area contributed by atoms with E-state index in [9.17, 15) is 13.2 Å². The minimum Gasteiger partial charge on any atom is -0.347 e. The first-order valence-corrected chi connectivity index (χ1v) is 10.3. The second kappa shape index (κ2) is 5.72. The highest BCUT2D eigenvalue weighted by atomic mass is 32.2. The highest BCUT2D eigenvalue weighted by Gasteiger charge is 2.48. The molecule has 2 fully saturated rings. The Hall–Kier alpha value is -1.64. The van der Waals surface area contributed by atoms with Crippen LogP contribution in [-0.4, -0.2) is 42.4 Å². The summed E-state index contributed by atoms with van der Waals surface area (Å²) in [7, 11) is -1.59. The van der Waals surface area contributed by atoms with Gasteiger partial charge in [-0.3, -0.25) is 4.79 Å². The maximum absolute atomic E-state index is 12.7. The third-order valence-corrected chi connectivity index (χ3v) is 7.92. The van der Waals surface area contributed by atoms with Crippen molar-refractivity contribution in [3.63, 3.8) is 0 Å². The number of amides is 1. The van der Waals surface area contributed by atoms with Crippen LogP contribution in [0.25, 0.3) is 0 Å². The molecule has 2 aromatic heterocycles. The number of carbonyl (C=O) groups is 1. The first-order chi connectivity index (χ1) is 11.5. The van der Waals surface area contributed by atoms with Gasteiger partial charge in [0.15, 0.2) is 0 Å². The molecule has 0 aromatic carbocycles. The van der Waals surface area contributed by atoms with Crippen molar-refractivity contribution in [3.05, 3.63) is 41.5 Å². The molecule has 0 radical (unpaired) electrons. The Balaban J connectivity index is 1.45. The Labute approximate surface area is 145 Å². The maximum Gasteiger partial charge on any atom is 0.270 e. The van der Waals surface area contributed by atoms with Gasteiger partial charge in [0.25, 0.3) is 5.91 Å². The molecular weight excluding hydrogens is 346 g/mol. The summed E-state index contributed by atoms with van der Waals surface area (Å²) in [5, 5.41) is 1.76. The van der Waals surface area contributed by atoms with Crippen LogP contribution in [0.15, 0.2) is 40.1 Å². The zero-order chi connectivity index (χ0) is 16.9. The summed E-state index contributed by atoms with van der Waals surface area (Å²) < 4.78 is 29.8. The van der Waals surface area contributed by atoms with E-state index in [1.807, 2.05) is 34.8 Å². The molecule has 0 spiro atoms. The number of nitrogens with zero attached hydrogens (tertiary/aromatic N) is 2. The minimum atomic E-state index is -3.45. The number of carbonyl (C=O) groups excluding carboxylic acids is 1. The summed E-state index contributed by atoms with van der Waals surface area (Å²) in [5.74, 6) is 0.225. The first kappa shape index (κ1) is 15.9. The summed E-state index contributed by atoms with van der Waals surface area (Å²) in [6, 6.07) is 7.07. The minimum absolute atomic E-state index is 0.0366. The van der Waals surface area contributed by atoms with E-state index in [-0.39, 0.29) is 23.9 Å². The van der Waals surface area contributed by atoms with Crippen molar-refractivity contribution in [3.8, 4) is 0 Å². The van der Waals surface area contributed by atoms with E-state index >= 15 is 0 Å². The molecule has 1 aliphatic carbocycles. The first-order valence-electron chi connectivity index (χ1n) is 7.94. The SMILES string of the molecule is Cn1cccc1C(=O)N1C[C@@H]2C[C@H]1C[C@@H]2NS(=O)(=O)c1cccs1. The lowest BCUT2D eigenvalue weighted by Crippen LogP contribution is -2.47. The van der Waals surface area contributed by atoms with Crippen LogP contribution in [0.4, 0.5) is 0 Å². The summed E-state index contributed by atoms with van der Waals surface area (Å²) >= 11 is 1.22. The van der Waals surface area contributed by atoms with Crippen molar-refractivity contribution < 1.29 is 13.2 Å². The number of thiophene rings is 1. The molecule has 8 heteroatoms. The number of hydrogen-bond donors (Lipinski definition) is 1. The number of nitrogens with one attached hydrogen (secondary N) is 1. The summed E-state index contributed by atoms with van der Waals surface area (Å²) in [6.07, 6.45) is 3.42. The molecule has 1 N–H and O–H groups in total. The Bertz CT molecular complexity index is 857. The van der Waals surface area contributed by atoms with Crippen molar-refractivity contribution >= 4 is 27.3 Å². The largest absolute Gasteiger partial charge is 0.347 e. The average molecular weight is 365 g/mol. The van der Waals surface area contributed by atoms with Crippen LogP contribution in [0.3, 0.4) is 0 Å². The average Bonchev–Trinajstić information content (AvgIpc) is 3.30. The van der Waals surface area contributed by atoms with Gasteiger partial charge in [-0.1, -0.05) is 6.07 Å². The lowest BCUT2D eigenvalue weighted by atomic mass is 10.0. The lowest BCUT2D eigenvalue weighted by molar-refractivity contribution is 0.0681. The lowest BCUT2D eigenvalue weighted by Gasteiger charge is -2.31. The number of hydrogen-bond acceptors (Lipinski definition) is 4. The van der Waals surface area contributed by atoms with Crippen LogP contribution in [0.2, 0.25) is 0 Å². The molecule has 1 amide bonds. The summed E-state index contributed by atoms with van der Waals surface area (Å²) in [6.45, 7) is 0.617. The molecule has 2 bridgehead atoms. The van der Waals surface area contributed by atoms with Crippen LogP contribution in [0.5, 0.6) is 0 Å². The zero-order valence-corrected chi connectivity index (χ0v) is 14.9. The molecule has 3 atom stereocenters. The van der Waals surface area contributed by atoms with Gasteiger partial charge in [-0.15, -0.1) is 11.3 Å². The number of sulfonamides is 1. The standard InChI is InChI=1S/C16H19N3O3S2/c1-18-6-2-4-14(18)16(20)19-10-11-8-12(19)9-13(11)17-24(21,22)15-5-3-7-23-15/h2-7,11-13,17H,8-10H2,1H3/t11-,12-,13-/m0/s1. The molecule has 24 heavy (non-hydrogen) atoms. The van der Waals surface area contributed by atoms with Crippen molar-refractivity contribution in [1.29, 1.82) is 0 Å². The van der Waals surface area contributed by atoms with Gasteiger partial charge in [-0.2, -0.15) is 0 Å². The second-order valence-electron chi connectivity index (χ2n) is 6.51. The third kappa shape index (κ3) is 2.58. The van der Waals surface area contributed by atoms with Gasteiger partial charge in [0.2, 0.25) is 10.0 Å². The Morgan fingerprint density at radius 3 is 2.71 bits per heavy atom. The highest BCUT2D eigenvalue weighted by Crippen LogP contribution is 2.39. The van der Waals surface area contributed by atoms with Gasteiger partial charge in [0.1, 0.15) is 9.90 Å². The van der Waals surface area contributed by atoms with Gasteiger partial charge in [-0.25, -0.2) is 13.1 Å². The molecule has 1 saturated heterocycles. The van der Waals surface area contributed by atoms with Crippen LogP contribution < -0.4 is 4.72 Å². The fourth-order valence-corrected chi connectivity index (χ4v) is 6.18. The smallest absolute Gasteiger partial charge is 0.270 e. The van der Waals surface area contributed by atoms with Crippen LogP contribution in [0, 0.1) is 5.92 Å². The van der Waals surface area contributed by atoms with Crippen LogP contribution in [-0.2, 0) is 17.1 Å². The zero-order valence-electron chi connectivity index (χ0n) is 13.3. The van der Waals surface area contributed by atoms with Crippen molar-refractivity contribution in [2.45, 2.75) is 29.1 Å². The molecule has 1 saturated carbocycles. The van der Waals surface area contributed by atoms with Crippen LogP contribution in [0.1, 0.15) is 23.3 Å². The van der Waals surface area contributed by atoms with E-state index in [2.05, 4.69) is 4.72 Å². The predicted molar refractivity (Wildman–Crippen MR) is 91.4 cm³/mol. The topological polar surface area (TPSA) is 71.4 Å². The summed E-state index contributed by atoms with van der Waals surface area (Å²) in [4.78, 5) is 14.6. The van der Waals surface area contributed by atoms with E-state index in [4.69, 9.17) is 0 Å². The monoisotopic (exact) mass is 365 g/mol. The quantitative estimate of drug-likeness (QED) is 0.896. The number of fused-ring (bicyclic) bond motifs is 2. The van der Waals surface area contributed by atoms with Crippen molar-refractivity contribution in [1.82, 2.24) is 14.2 Å². The molecule has 3 heterocycles. The van der Waals surface area contributed by atoms with Gasteiger partial charge < -0.3 is 9.47 Å². The van der Waals surface area contributed by atoms with Gasteiger partial charge in [-0.05, 0) is 42.3 Å². The number of piperidine rings is 1. The van der Waals surface area contributed by atoms with E-state index in [1.165, 1.54) is 11.3 Å². The predicted octanol–water partition coefficient (Wildman–Crippen LogP) is 1.67. The van der Waals surface area contributed by atoms with Crippen LogP contribution >= 0.6 is 11.3 Å². The van der Waals surface area contributed by atoms with Crippen molar-refractivity contribution in [2.75, 3.05) is 6.54 Å². The fourth-order valence-electron chi connectivity index (χ4n) is 3.85. The molecule has 2 aliphatic rings. The van der Waals surface area contributed by atoms with Gasteiger partial charge in [0, 0.05) is 31.9 Å². The Kier molecular flexibility index (Phi) is 3.78. The highest BCUT2D eigenvalue weighted by molar-refractivity contribution is 7.91. The van der Waals surface area contributed by atoms with E-state index < -0.39 is 10.0 Å². The number of aryl methyl sites for hydroxylation is 1. The number of rotatable bonds is 4. The Morgan fingerprint density at radius 1 is 1.29 bits per heavy atom. The molecule has 1 aliphatic heterocycles. The summed E-state index contributed by atoms with van der Waals surface area (Å²) in [5.41, 5.74) is 0.679. The molecule has 4 rings (SSSR count). The van der Waals surface area contributed by atoms with Gasteiger partial charge in [0.05, 0.1) is 0 Å². The second-order valence-corrected chi connectivity index (χ2v) is 9.40. The third-order valence-electron chi connectivity index (χ3n) is 5.03. The van der Waals surface area contributed by atoms with Crippen molar-refractivity contribution in [2.24, 2.45) is 13.0 Å².